The number of nitrogen functional groups attached to an aromatic ring is 1. The van der Waals surface area contributed by atoms with E-state index in [1.54, 1.807) is 0 Å². The zero-order valence-electron chi connectivity index (χ0n) is 10.8. The van der Waals surface area contributed by atoms with E-state index in [9.17, 15) is 0 Å². The van der Waals surface area contributed by atoms with Crippen LogP contribution in [0.1, 0.15) is 26.7 Å². The van der Waals surface area contributed by atoms with Crippen molar-refractivity contribution in [1.29, 1.82) is 0 Å². The van der Waals surface area contributed by atoms with Gasteiger partial charge in [0.15, 0.2) is 0 Å². The number of aromatic nitrogens is 2. The van der Waals surface area contributed by atoms with Crippen LogP contribution in [0.25, 0.3) is 0 Å². The van der Waals surface area contributed by atoms with Crippen molar-refractivity contribution >= 4 is 17.6 Å². The van der Waals surface area contributed by atoms with E-state index in [1.165, 1.54) is 12.8 Å². The number of nitrogens with one attached hydrogen (secondary N) is 1. The van der Waals surface area contributed by atoms with Crippen molar-refractivity contribution in [1.82, 2.24) is 9.97 Å². The minimum atomic E-state index is 0.331. The van der Waals surface area contributed by atoms with Gasteiger partial charge in [-0.3, -0.25) is 0 Å². The highest BCUT2D eigenvalue weighted by atomic mass is 15.2. The lowest BCUT2D eigenvalue weighted by atomic mass is 9.93. The van der Waals surface area contributed by atoms with Gasteiger partial charge in [0.2, 0.25) is 5.95 Å². The lowest BCUT2D eigenvalue weighted by molar-refractivity contribution is 0.376. The molecule has 5 heteroatoms. The molecular weight excluding hydrogens is 214 g/mol. The van der Waals surface area contributed by atoms with E-state index in [4.69, 9.17) is 5.73 Å². The molecule has 1 aromatic heterocycles. The molecule has 5 nitrogen and oxygen atoms in total. The smallest absolute Gasteiger partial charge is 0.223 e. The molecule has 0 amide bonds. The molecule has 0 spiro atoms. The fraction of sp³-hybridized carbons (Fsp3) is 0.667. The molecule has 2 heterocycles. The van der Waals surface area contributed by atoms with Crippen molar-refractivity contribution in [3.8, 4) is 0 Å². The summed E-state index contributed by atoms with van der Waals surface area (Å²) in [6, 6.07) is 2.47. The molecule has 2 rings (SSSR count). The summed E-state index contributed by atoms with van der Waals surface area (Å²) in [5.74, 6) is 2.83. The largest absolute Gasteiger partial charge is 0.373 e. The predicted molar refractivity (Wildman–Crippen MR) is 71.2 cm³/mol. The molecule has 1 aliphatic heterocycles. The van der Waals surface area contributed by atoms with Gasteiger partial charge in [0.05, 0.1) is 0 Å². The van der Waals surface area contributed by atoms with Crippen LogP contribution in [0.4, 0.5) is 17.6 Å². The number of nitrogens with two attached hydrogens (primary N) is 1. The Labute approximate surface area is 102 Å². The molecule has 0 radical (unpaired) electrons. The SMILES string of the molecule is CNc1cc(N2CCC(C)CC2C)nc(N)n1. The predicted octanol–water partition coefficient (Wildman–Crippen LogP) is 1.73. The third kappa shape index (κ3) is 2.60. The molecule has 2 unspecified atom stereocenters. The third-order valence-electron chi connectivity index (χ3n) is 3.42. The number of rotatable bonds is 2. The topological polar surface area (TPSA) is 67.1 Å². The number of piperidine rings is 1. The maximum Gasteiger partial charge on any atom is 0.223 e. The summed E-state index contributed by atoms with van der Waals surface area (Å²) in [7, 11) is 1.84. The summed E-state index contributed by atoms with van der Waals surface area (Å²) in [5, 5.41) is 3.01. The van der Waals surface area contributed by atoms with Gasteiger partial charge in [-0.05, 0) is 25.7 Å². The van der Waals surface area contributed by atoms with Crippen molar-refractivity contribution in [3.63, 3.8) is 0 Å². The summed E-state index contributed by atoms with van der Waals surface area (Å²) >= 11 is 0. The standard InChI is InChI=1S/C12H21N5/c1-8-4-5-17(9(2)6-8)11-7-10(14-3)15-12(13)16-11/h7-9H,4-6H2,1-3H3,(H3,13,14,15,16). The molecule has 1 aromatic rings. The van der Waals surface area contributed by atoms with Crippen LogP contribution in [-0.2, 0) is 0 Å². The fourth-order valence-electron chi connectivity index (χ4n) is 2.48. The molecular formula is C12H21N5. The molecule has 3 N–H and O–H groups in total. The Morgan fingerprint density at radius 3 is 2.82 bits per heavy atom. The van der Waals surface area contributed by atoms with Gasteiger partial charge >= 0.3 is 0 Å². The number of hydrogen-bond donors (Lipinski definition) is 2. The maximum atomic E-state index is 5.73. The minimum absolute atomic E-state index is 0.331. The van der Waals surface area contributed by atoms with E-state index >= 15 is 0 Å². The van der Waals surface area contributed by atoms with Gasteiger partial charge in [-0.15, -0.1) is 0 Å². The molecule has 2 atom stereocenters. The second kappa shape index (κ2) is 4.77. The summed E-state index contributed by atoms with van der Waals surface area (Å²) < 4.78 is 0. The van der Waals surface area contributed by atoms with Crippen LogP contribution in [0.15, 0.2) is 6.07 Å². The molecule has 94 valence electrons. The summed E-state index contributed by atoms with van der Waals surface area (Å²) in [5.41, 5.74) is 5.73. The summed E-state index contributed by atoms with van der Waals surface area (Å²) in [4.78, 5) is 10.8. The Kier molecular flexibility index (Phi) is 3.36. The number of hydrogen-bond acceptors (Lipinski definition) is 5. The molecule has 1 aliphatic rings. The molecule has 17 heavy (non-hydrogen) atoms. The zero-order chi connectivity index (χ0) is 12.4. The van der Waals surface area contributed by atoms with Crippen molar-refractivity contribution in [2.75, 3.05) is 29.5 Å². The fourth-order valence-corrected chi connectivity index (χ4v) is 2.48. The summed E-state index contributed by atoms with van der Waals surface area (Å²) in [6.07, 6.45) is 2.42. The minimum Gasteiger partial charge on any atom is -0.373 e. The van der Waals surface area contributed by atoms with Crippen LogP contribution in [-0.4, -0.2) is 29.6 Å². The molecule has 0 bridgehead atoms. The van der Waals surface area contributed by atoms with Crippen molar-refractivity contribution in [2.24, 2.45) is 5.92 Å². The van der Waals surface area contributed by atoms with E-state index in [0.29, 0.717) is 12.0 Å². The first-order valence-electron chi connectivity index (χ1n) is 6.19. The lowest BCUT2D eigenvalue weighted by Gasteiger charge is -2.37. The molecule has 1 saturated heterocycles. The first kappa shape index (κ1) is 12.0. The monoisotopic (exact) mass is 235 g/mol. The first-order chi connectivity index (χ1) is 8.10. The van der Waals surface area contributed by atoms with Crippen LogP contribution < -0.4 is 16.0 Å². The van der Waals surface area contributed by atoms with Gasteiger partial charge in [0.25, 0.3) is 0 Å². The average molecular weight is 235 g/mol. The van der Waals surface area contributed by atoms with Crippen molar-refractivity contribution in [2.45, 2.75) is 32.7 Å². The molecule has 0 saturated carbocycles. The normalized spacial score (nSPS) is 24.8. The Hall–Kier alpha value is -1.52. The van der Waals surface area contributed by atoms with E-state index < -0.39 is 0 Å². The van der Waals surface area contributed by atoms with E-state index in [-0.39, 0.29) is 0 Å². The van der Waals surface area contributed by atoms with Gasteiger partial charge in [-0.1, -0.05) is 6.92 Å². The molecule has 0 aliphatic carbocycles. The van der Waals surface area contributed by atoms with Crippen LogP contribution >= 0.6 is 0 Å². The zero-order valence-corrected chi connectivity index (χ0v) is 10.8. The van der Waals surface area contributed by atoms with Gasteiger partial charge in [0, 0.05) is 25.7 Å². The van der Waals surface area contributed by atoms with E-state index in [1.807, 2.05) is 13.1 Å². The Balaban J connectivity index is 2.24. The third-order valence-corrected chi connectivity index (χ3v) is 3.42. The highest BCUT2D eigenvalue weighted by molar-refractivity contribution is 5.53. The molecule has 0 aromatic carbocycles. The van der Waals surface area contributed by atoms with E-state index in [0.717, 1.165) is 24.1 Å². The Morgan fingerprint density at radius 1 is 1.41 bits per heavy atom. The molecule has 1 fully saturated rings. The van der Waals surface area contributed by atoms with Crippen molar-refractivity contribution < 1.29 is 0 Å². The highest BCUT2D eigenvalue weighted by Crippen LogP contribution is 2.27. The quantitative estimate of drug-likeness (QED) is 0.817. The summed E-state index contributed by atoms with van der Waals surface area (Å²) in [6.45, 7) is 5.59. The number of anilines is 3. The average Bonchev–Trinajstić information content (AvgIpc) is 2.28. The van der Waals surface area contributed by atoms with Crippen LogP contribution in [0, 0.1) is 5.92 Å². The number of nitrogens with zero attached hydrogens (tertiary/aromatic N) is 3. The van der Waals surface area contributed by atoms with Crippen LogP contribution in [0.5, 0.6) is 0 Å². The van der Waals surface area contributed by atoms with Gasteiger partial charge in [-0.25, -0.2) is 0 Å². The maximum absolute atomic E-state index is 5.73. The van der Waals surface area contributed by atoms with Crippen LogP contribution in [0.2, 0.25) is 0 Å². The van der Waals surface area contributed by atoms with Gasteiger partial charge in [0.1, 0.15) is 11.6 Å². The first-order valence-corrected chi connectivity index (χ1v) is 6.19. The highest BCUT2D eigenvalue weighted by Gasteiger charge is 2.24. The lowest BCUT2D eigenvalue weighted by Crippen LogP contribution is -2.40. The van der Waals surface area contributed by atoms with E-state index in [2.05, 4.69) is 34.0 Å². The van der Waals surface area contributed by atoms with Gasteiger partial charge in [-0.2, -0.15) is 9.97 Å². The Bertz CT molecular complexity index is 392. The van der Waals surface area contributed by atoms with Gasteiger partial charge < -0.3 is 16.0 Å². The second-order valence-electron chi connectivity index (χ2n) is 4.89. The second-order valence-corrected chi connectivity index (χ2v) is 4.89. The Morgan fingerprint density at radius 2 is 2.18 bits per heavy atom. The van der Waals surface area contributed by atoms with Crippen LogP contribution in [0.3, 0.4) is 0 Å². The van der Waals surface area contributed by atoms with Crippen molar-refractivity contribution in [3.05, 3.63) is 6.07 Å².